The SMILES string of the molecule is COc1cc(/C=N/NC(=O)COc2ccc(Br)cc2C(C)C)ccc1OCc1ccccc1Cl. The number of methoxy groups -OCH3 is 1. The second-order valence-electron chi connectivity index (χ2n) is 7.71. The smallest absolute Gasteiger partial charge is 0.277 e. The first-order valence-electron chi connectivity index (χ1n) is 10.7. The molecule has 178 valence electrons. The minimum atomic E-state index is -0.361. The molecule has 34 heavy (non-hydrogen) atoms. The van der Waals surface area contributed by atoms with Gasteiger partial charge in [-0.05, 0) is 59.5 Å². The molecule has 0 saturated carbocycles. The van der Waals surface area contributed by atoms with Crippen LogP contribution in [0.5, 0.6) is 17.2 Å². The summed E-state index contributed by atoms with van der Waals surface area (Å²) >= 11 is 9.64. The van der Waals surface area contributed by atoms with Crippen LogP contribution >= 0.6 is 27.5 Å². The Kier molecular flexibility index (Phi) is 9.36. The van der Waals surface area contributed by atoms with E-state index in [-0.39, 0.29) is 18.4 Å². The van der Waals surface area contributed by atoms with Crippen molar-refractivity contribution in [2.45, 2.75) is 26.4 Å². The number of benzene rings is 3. The molecule has 0 heterocycles. The zero-order valence-electron chi connectivity index (χ0n) is 19.2. The van der Waals surface area contributed by atoms with Gasteiger partial charge in [-0.25, -0.2) is 5.43 Å². The first kappa shape index (κ1) is 25.6. The molecule has 0 saturated heterocycles. The lowest BCUT2D eigenvalue weighted by molar-refractivity contribution is -0.123. The number of halogens is 2. The average molecular weight is 546 g/mol. The maximum Gasteiger partial charge on any atom is 0.277 e. The van der Waals surface area contributed by atoms with E-state index in [9.17, 15) is 4.79 Å². The molecule has 6 nitrogen and oxygen atoms in total. The summed E-state index contributed by atoms with van der Waals surface area (Å²) in [6.45, 7) is 4.31. The topological polar surface area (TPSA) is 69.2 Å². The Morgan fingerprint density at radius 1 is 1.06 bits per heavy atom. The van der Waals surface area contributed by atoms with Crippen LogP contribution in [-0.2, 0) is 11.4 Å². The van der Waals surface area contributed by atoms with Gasteiger partial charge in [0.05, 0.1) is 13.3 Å². The summed E-state index contributed by atoms with van der Waals surface area (Å²) in [5.41, 5.74) is 5.11. The number of carbonyl (C=O) groups excluding carboxylic acids is 1. The van der Waals surface area contributed by atoms with Gasteiger partial charge in [-0.1, -0.05) is 59.6 Å². The van der Waals surface area contributed by atoms with E-state index in [1.807, 2.05) is 48.5 Å². The summed E-state index contributed by atoms with van der Waals surface area (Å²) in [7, 11) is 1.56. The van der Waals surface area contributed by atoms with Crippen molar-refractivity contribution >= 4 is 39.7 Å². The van der Waals surface area contributed by atoms with Crippen molar-refractivity contribution in [2.75, 3.05) is 13.7 Å². The van der Waals surface area contributed by atoms with Crippen molar-refractivity contribution in [3.8, 4) is 17.2 Å². The largest absolute Gasteiger partial charge is 0.493 e. The van der Waals surface area contributed by atoms with Gasteiger partial charge >= 0.3 is 0 Å². The number of hydrazone groups is 1. The van der Waals surface area contributed by atoms with Crippen molar-refractivity contribution in [1.82, 2.24) is 5.43 Å². The first-order valence-corrected chi connectivity index (χ1v) is 11.8. The molecule has 8 heteroatoms. The van der Waals surface area contributed by atoms with Crippen molar-refractivity contribution in [3.05, 3.63) is 86.8 Å². The number of hydrogen-bond donors (Lipinski definition) is 1. The van der Waals surface area contributed by atoms with E-state index < -0.39 is 0 Å². The molecular formula is C26H26BrClN2O4. The maximum atomic E-state index is 12.2. The standard InChI is InChI=1S/C26H26BrClN2O4/c1-17(2)21-13-20(27)9-11-23(21)34-16-26(31)30-29-14-18-8-10-24(25(12-18)32-3)33-15-19-6-4-5-7-22(19)28/h4-14,17H,15-16H2,1-3H3,(H,30,31)/b29-14+. The van der Waals surface area contributed by atoms with Gasteiger partial charge in [0.2, 0.25) is 0 Å². The fourth-order valence-corrected chi connectivity index (χ4v) is 3.68. The normalized spacial score (nSPS) is 11.0. The molecule has 0 fully saturated rings. The minimum Gasteiger partial charge on any atom is -0.493 e. The van der Waals surface area contributed by atoms with Gasteiger partial charge in [-0.2, -0.15) is 5.10 Å². The van der Waals surface area contributed by atoms with Crippen LogP contribution in [0.1, 0.15) is 36.5 Å². The number of nitrogens with one attached hydrogen (secondary N) is 1. The summed E-state index contributed by atoms with van der Waals surface area (Å²) in [6, 6.07) is 18.6. The molecule has 3 rings (SSSR count). The second-order valence-corrected chi connectivity index (χ2v) is 9.03. The van der Waals surface area contributed by atoms with E-state index in [0.717, 1.165) is 21.2 Å². The molecule has 0 bridgehead atoms. The van der Waals surface area contributed by atoms with Gasteiger partial charge in [0.15, 0.2) is 18.1 Å². The van der Waals surface area contributed by atoms with Crippen LogP contribution < -0.4 is 19.6 Å². The third kappa shape index (κ3) is 7.23. The zero-order chi connectivity index (χ0) is 24.5. The van der Waals surface area contributed by atoms with Crippen molar-refractivity contribution in [3.63, 3.8) is 0 Å². The second kappa shape index (κ2) is 12.4. The van der Waals surface area contributed by atoms with Gasteiger partial charge < -0.3 is 14.2 Å². The Morgan fingerprint density at radius 2 is 1.82 bits per heavy atom. The molecule has 0 aliphatic heterocycles. The van der Waals surface area contributed by atoms with Crippen LogP contribution in [-0.4, -0.2) is 25.8 Å². The van der Waals surface area contributed by atoms with Crippen LogP contribution in [0.15, 0.2) is 70.2 Å². The molecule has 3 aromatic rings. The average Bonchev–Trinajstić information content (AvgIpc) is 2.83. The lowest BCUT2D eigenvalue weighted by Gasteiger charge is -2.14. The van der Waals surface area contributed by atoms with Crippen molar-refractivity contribution in [1.29, 1.82) is 0 Å². The highest BCUT2D eigenvalue weighted by molar-refractivity contribution is 9.10. The van der Waals surface area contributed by atoms with Gasteiger partial charge in [0.25, 0.3) is 5.91 Å². The summed E-state index contributed by atoms with van der Waals surface area (Å²) in [5, 5.41) is 4.65. The van der Waals surface area contributed by atoms with E-state index >= 15 is 0 Å². The highest BCUT2D eigenvalue weighted by Gasteiger charge is 2.11. The van der Waals surface area contributed by atoms with E-state index in [0.29, 0.717) is 28.9 Å². The number of nitrogens with zero attached hydrogens (tertiary/aromatic N) is 1. The maximum absolute atomic E-state index is 12.2. The number of ether oxygens (including phenoxy) is 3. The Balaban J connectivity index is 1.55. The van der Waals surface area contributed by atoms with E-state index in [4.69, 9.17) is 25.8 Å². The number of carbonyl (C=O) groups is 1. The summed E-state index contributed by atoms with van der Waals surface area (Å²) < 4.78 is 17.9. The fraction of sp³-hybridized carbons (Fsp3) is 0.231. The van der Waals surface area contributed by atoms with Gasteiger partial charge in [0.1, 0.15) is 12.4 Å². The molecule has 0 aromatic heterocycles. The number of amides is 1. The van der Waals surface area contributed by atoms with E-state index in [1.54, 1.807) is 19.2 Å². The Morgan fingerprint density at radius 3 is 2.56 bits per heavy atom. The molecule has 0 atom stereocenters. The molecule has 0 radical (unpaired) electrons. The first-order chi connectivity index (χ1) is 16.4. The van der Waals surface area contributed by atoms with E-state index in [2.05, 4.69) is 40.3 Å². The molecule has 3 aromatic carbocycles. The predicted octanol–water partition coefficient (Wildman–Crippen LogP) is 6.34. The predicted molar refractivity (Wildman–Crippen MR) is 138 cm³/mol. The lowest BCUT2D eigenvalue weighted by Crippen LogP contribution is -2.24. The van der Waals surface area contributed by atoms with Gasteiger partial charge in [-0.3, -0.25) is 4.79 Å². The van der Waals surface area contributed by atoms with Crippen LogP contribution in [0.2, 0.25) is 5.02 Å². The molecule has 0 aliphatic rings. The lowest BCUT2D eigenvalue weighted by atomic mass is 10.0. The monoisotopic (exact) mass is 544 g/mol. The van der Waals surface area contributed by atoms with Gasteiger partial charge in [-0.15, -0.1) is 0 Å². The van der Waals surface area contributed by atoms with E-state index in [1.165, 1.54) is 6.21 Å². The third-order valence-corrected chi connectivity index (χ3v) is 5.75. The molecule has 0 spiro atoms. The molecule has 0 unspecified atom stereocenters. The molecule has 1 amide bonds. The summed E-state index contributed by atoms with van der Waals surface area (Å²) in [4.78, 5) is 12.2. The fourth-order valence-electron chi connectivity index (χ4n) is 3.11. The summed E-state index contributed by atoms with van der Waals surface area (Å²) in [5.74, 6) is 1.70. The number of rotatable bonds is 10. The Labute approximate surface area is 213 Å². The van der Waals surface area contributed by atoms with Crippen LogP contribution in [0, 0.1) is 0 Å². The third-order valence-electron chi connectivity index (χ3n) is 4.88. The molecular weight excluding hydrogens is 520 g/mol. The Hall–Kier alpha value is -3.03. The van der Waals surface area contributed by atoms with Crippen LogP contribution in [0.3, 0.4) is 0 Å². The highest BCUT2D eigenvalue weighted by atomic mass is 79.9. The van der Waals surface area contributed by atoms with Gasteiger partial charge in [0, 0.05) is 15.1 Å². The minimum absolute atomic E-state index is 0.142. The highest BCUT2D eigenvalue weighted by Crippen LogP contribution is 2.30. The van der Waals surface area contributed by atoms with Crippen LogP contribution in [0.4, 0.5) is 0 Å². The molecule has 0 aliphatic carbocycles. The van der Waals surface area contributed by atoms with Crippen LogP contribution in [0.25, 0.3) is 0 Å². The summed E-state index contributed by atoms with van der Waals surface area (Å²) in [6.07, 6.45) is 1.53. The molecule has 1 N–H and O–H groups in total. The number of hydrogen-bond acceptors (Lipinski definition) is 5. The van der Waals surface area contributed by atoms with Crippen molar-refractivity contribution < 1.29 is 19.0 Å². The zero-order valence-corrected chi connectivity index (χ0v) is 21.5. The van der Waals surface area contributed by atoms with Crippen molar-refractivity contribution in [2.24, 2.45) is 5.10 Å². The quantitative estimate of drug-likeness (QED) is 0.238. The Bertz CT molecular complexity index is 1170.